The van der Waals surface area contributed by atoms with E-state index >= 15 is 0 Å². The molecule has 0 aliphatic heterocycles. The van der Waals surface area contributed by atoms with Crippen molar-refractivity contribution in [1.82, 2.24) is 10.3 Å². The molecule has 0 atom stereocenters. The van der Waals surface area contributed by atoms with E-state index in [1.807, 2.05) is 31.4 Å². The molecule has 7 heteroatoms. The second-order valence-corrected chi connectivity index (χ2v) is 7.59. The highest BCUT2D eigenvalue weighted by Crippen LogP contribution is 2.35. The Hall–Kier alpha value is -2.51. The van der Waals surface area contributed by atoms with Crippen LogP contribution in [-0.2, 0) is 4.79 Å². The predicted octanol–water partition coefficient (Wildman–Crippen LogP) is 3.86. The second-order valence-electron chi connectivity index (χ2n) is 5.47. The minimum Gasteiger partial charge on any atom is -0.343 e. The molecule has 0 radical (unpaired) electrons. The normalized spacial score (nSPS) is 10.5. The van der Waals surface area contributed by atoms with Gasteiger partial charge in [0.2, 0.25) is 5.91 Å². The summed E-state index contributed by atoms with van der Waals surface area (Å²) in [6.07, 6.45) is 0. The van der Waals surface area contributed by atoms with Gasteiger partial charge in [0, 0.05) is 21.5 Å². The van der Waals surface area contributed by atoms with E-state index in [1.54, 1.807) is 46.9 Å². The number of carbonyl (C=O) groups excluding carboxylic acids is 2. The molecule has 0 unspecified atom stereocenters. The zero-order valence-electron chi connectivity index (χ0n) is 13.8. The van der Waals surface area contributed by atoms with Crippen molar-refractivity contribution < 1.29 is 9.59 Å². The van der Waals surface area contributed by atoms with Gasteiger partial charge in [0.05, 0.1) is 17.1 Å². The lowest BCUT2D eigenvalue weighted by molar-refractivity contribution is -0.115. The fourth-order valence-corrected chi connectivity index (χ4v) is 4.06. The molecule has 25 heavy (non-hydrogen) atoms. The first kappa shape index (κ1) is 17.3. The fraction of sp³-hybridized carbons (Fsp3) is 0.167. The molecule has 5 nitrogen and oxygen atoms in total. The Morgan fingerprint density at radius 2 is 1.92 bits per heavy atom. The molecule has 2 amide bonds. The van der Waals surface area contributed by atoms with Crippen molar-refractivity contribution in [3.05, 3.63) is 57.9 Å². The maximum atomic E-state index is 12.1. The summed E-state index contributed by atoms with van der Waals surface area (Å²) in [5, 5.41) is 8.42. The zero-order valence-corrected chi connectivity index (χ0v) is 15.5. The maximum Gasteiger partial charge on any atom is 0.251 e. The molecule has 0 saturated carbocycles. The van der Waals surface area contributed by atoms with Crippen LogP contribution in [0.2, 0.25) is 0 Å². The van der Waals surface area contributed by atoms with Gasteiger partial charge in [-0.2, -0.15) is 0 Å². The molecule has 3 rings (SSSR count). The number of nitrogens with one attached hydrogen (secondary N) is 2. The van der Waals surface area contributed by atoms with Gasteiger partial charge in [-0.3, -0.25) is 9.59 Å². The molecule has 1 aromatic carbocycles. The van der Waals surface area contributed by atoms with E-state index in [9.17, 15) is 9.59 Å². The van der Waals surface area contributed by atoms with Crippen molar-refractivity contribution in [3.8, 4) is 9.88 Å². The molecule has 0 spiro atoms. The van der Waals surface area contributed by atoms with Gasteiger partial charge >= 0.3 is 0 Å². The van der Waals surface area contributed by atoms with E-state index < -0.39 is 0 Å². The molecule has 3 aromatic rings. The molecule has 2 N–H and O–H groups in total. The monoisotopic (exact) mass is 371 g/mol. The average Bonchev–Trinajstić information content (AvgIpc) is 3.20. The largest absolute Gasteiger partial charge is 0.343 e. The Morgan fingerprint density at radius 3 is 2.60 bits per heavy atom. The van der Waals surface area contributed by atoms with Crippen LogP contribution < -0.4 is 10.6 Å². The highest BCUT2D eigenvalue weighted by molar-refractivity contribution is 7.21. The smallest absolute Gasteiger partial charge is 0.251 e. The number of anilines is 1. The highest BCUT2D eigenvalue weighted by Gasteiger charge is 2.13. The van der Waals surface area contributed by atoms with Gasteiger partial charge in [0.15, 0.2) is 0 Å². The van der Waals surface area contributed by atoms with E-state index in [2.05, 4.69) is 15.6 Å². The molecule has 0 saturated heterocycles. The SMILES string of the molecule is Cc1csc(-c2cc(NC(=O)CNC(=O)c3ccccc3)c(C)s2)n1. The van der Waals surface area contributed by atoms with Crippen molar-refractivity contribution in [3.63, 3.8) is 0 Å². The van der Waals surface area contributed by atoms with Crippen molar-refractivity contribution in [2.45, 2.75) is 13.8 Å². The van der Waals surface area contributed by atoms with Gasteiger partial charge in [0.1, 0.15) is 5.01 Å². The lowest BCUT2D eigenvalue weighted by Crippen LogP contribution is -2.32. The fourth-order valence-electron chi connectivity index (χ4n) is 2.23. The van der Waals surface area contributed by atoms with E-state index in [0.29, 0.717) is 5.56 Å². The quantitative estimate of drug-likeness (QED) is 0.715. The van der Waals surface area contributed by atoms with E-state index in [1.165, 1.54) is 0 Å². The second kappa shape index (κ2) is 7.58. The van der Waals surface area contributed by atoms with Crippen molar-refractivity contribution >= 4 is 40.2 Å². The Kier molecular flexibility index (Phi) is 5.25. The number of thiazole rings is 1. The average molecular weight is 371 g/mol. The predicted molar refractivity (Wildman–Crippen MR) is 102 cm³/mol. The van der Waals surface area contributed by atoms with Crippen LogP contribution in [0.3, 0.4) is 0 Å². The Labute approximate surface area is 153 Å². The van der Waals surface area contributed by atoms with Gasteiger partial charge in [-0.15, -0.1) is 22.7 Å². The van der Waals surface area contributed by atoms with Gasteiger partial charge in [-0.05, 0) is 32.0 Å². The third-order valence-corrected chi connectivity index (χ3v) is 5.65. The number of benzene rings is 1. The third-order valence-electron chi connectivity index (χ3n) is 3.47. The van der Waals surface area contributed by atoms with Gasteiger partial charge in [0.25, 0.3) is 5.91 Å². The number of carbonyl (C=O) groups is 2. The first-order valence-corrected chi connectivity index (χ1v) is 9.38. The van der Waals surface area contributed by atoms with Crippen LogP contribution in [0.5, 0.6) is 0 Å². The molecule has 2 heterocycles. The topological polar surface area (TPSA) is 71.1 Å². The van der Waals surface area contributed by atoms with E-state index in [0.717, 1.165) is 26.1 Å². The summed E-state index contributed by atoms with van der Waals surface area (Å²) < 4.78 is 0. The number of hydrogen-bond donors (Lipinski definition) is 2. The van der Waals surface area contributed by atoms with E-state index in [4.69, 9.17) is 0 Å². The molecular weight excluding hydrogens is 354 g/mol. The molecule has 128 valence electrons. The van der Waals surface area contributed by atoms with E-state index in [-0.39, 0.29) is 18.4 Å². The summed E-state index contributed by atoms with van der Waals surface area (Å²) >= 11 is 3.17. The van der Waals surface area contributed by atoms with Crippen molar-refractivity contribution in [1.29, 1.82) is 0 Å². The summed E-state index contributed by atoms with van der Waals surface area (Å²) in [4.78, 5) is 30.6. The lowest BCUT2D eigenvalue weighted by atomic mass is 10.2. The number of aromatic nitrogens is 1. The van der Waals surface area contributed by atoms with Crippen LogP contribution in [0, 0.1) is 13.8 Å². The summed E-state index contributed by atoms with van der Waals surface area (Å²) in [6.45, 7) is 3.83. The maximum absolute atomic E-state index is 12.1. The van der Waals surface area contributed by atoms with Crippen LogP contribution in [0.1, 0.15) is 20.9 Å². The minimum atomic E-state index is -0.267. The van der Waals surface area contributed by atoms with Crippen LogP contribution in [-0.4, -0.2) is 23.3 Å². The van der Waals surface area contributed by atoms with Crippen LogP contribution in [0.15, 0.2) is 41.8 Å². The van der Waals surface area contributed by atoms with Gasteiger partial charge in [-0.1, -0.05) is 18.2 Å². The number of amides is 2. The first-order valence-electron chi connectivity index (χ1n) is 7.69. The van der Waals surface area contributed by atoms with Crippen LogP contribution >= 0.6 is 22.7 Å². The van der Waals surface area contributed by atoms with Crippen LogP contribution in [0.25, 0.3) is 9.88 Å². The van der Waals surface area contributed by atoms with Crippen molar-refractivity contribution in [2.24, 2.45) is 0 Å². The first-order chi connectivity index (χ1) is 12.0. The summed E-state index contributed by atoms with van der Waals surface area (Å²) in [7, 11) is 0. The molecule has 2 aromatic heterocycles. The molecular formula is C18H17N3O2S2. The zero-order chi connectivity index (χ0) is 17.8. The summed E-state index contributed by atoms with van der Waals surface area (Å²) in [5.41, 5.74) is 2.27. The highest BCUT2D eigenvalue weighted by atomic mass is 32.1. The van der Waals surface area contributed by atoms with Gasteiger partial charge in [-0.25, -0.2) is 4.98 Å². The number of aryl methyl sites for hydroxylation is 2. The van der Waals surface area contributed by atoms with Crippen molar-refractivity contribution in [2.75, 3.05) is 11.9 Å². The number of thiophene rings is 1. The lowest BCUT2D eigenvalue weighted by Gasteiger charge is -2.06. The Morgan fingerprint density at radius 1 is 1.16 bits per heavy atom. The number of nitrogens with zero attached hydrogens (tertiary/aromatic N) is 1. The standard InChI is InChI=1S/C18H17N3O2S2/c1-11-10-24-18(20-11)15-8-14(12(2)25-15)21-16(22)9-19-17(23)13-6-4-3-5-7-13/h3-8,10H,9H2,1-2H3,(H,19,23)(H,21,22). The molecule has 0 aliphatic rings. The van der Waals surface area contributed by atoms with Crippen LogP contribution in [0.4, 0.5) is 5.69 Å². The summed E-state index contributed by atoms with van der Waals surface area (Å²) in [6, 6.07) is 10.7. The number of rotatable bonds is 5. The Balaban J connectivity index is 1.60. The molecule has 0 bridgehead atoms. The molecule has 0 fully saturated rings. The Bertz CT molecular complexity index is 900. The van der Waals surface area contributed by atoms with Gasteiger partial charge < -0.3 is 10.6 Å². The number of hydrogen-bond acceptors (Lipinski definition) is 5. The summed E-state index contributed by atoms with van der Waals surface area (Å²) in [5.74, 6) is -0.524. The third kappa shape index (κ3) is 4.32. The minimum absolute atomic E-state index is 0.0747. The molecule has 0 aliphatic carbocycles.